The highest BCUT2D eigenvalue weighted by atomic mass is 32.2. The fraction of sp³-hybridized carbons (Fsp3) is 0.312. The number of hydrogen-bond acceptors (Lipinski definition) is 4. The SMILES string of the molecule is CCOc1cncc(C(N)CSc2cccc(C)c2)c1. The summed E-state index contributed by atoms with van der Waals surface area (Å²) in [5.41, 5.74) is 8.51. The molecular formula is C16H20N2OS. The van der Waals surface area contributed by atoms with Crippen molar-refractivity contribution in [3.8, 4) is 5.75 Å². The number of pyridine rings is 1. The minimum atomic E-state index is -0.0478. The van der Waals surface area contributed by atoms with E-state index in [0.29, 0.717) is 6.61 Å². The summed E-state index contributed by atoms with van der Waals surface area (Å²) < 4.78 is 5.45. The normalized spacial score (nSPS) is 12.2. The molecule has 1 atom stereocenters. The van der Waals surface area contributed by atoms with Gasteiger partial charge in [-0.25, -0.2) is 0 Å². The van der Waals surface area contributed by atoms with Crippen LogP contribution in [0.25, 0.3) is 0 Å². The number of hydrogen-bond donors (Lipinski definition) is 1. The van der Waals surface area contributed by atoms with E-state index in [1.807, 2.05) is 19.2 Å². The molecule has 0 saturated heterocycles. The van der Waals surface area contributed by atoms with Crippen LogP contribution in [0.4, 0.5) is 0 Å². The van der Waals surface area contributed by atoms with Crippen LogP contribution in [0.1, 0.15) is 24.1 Å². The van der Waals surface area contributed by atoms with Crippen LogP contribution in [-0.4, -0.2) is 17.3 Å². The van der Waals surface area contributed by atoms with Crippen molar-refractivity contribution >= 4 is 11.8 Å². The molecule has 0 bridgehead atoms. The Labute approximate surface area is 124 Å². The Hall–Kier alpha value is -1.52. The molecule has 2 N–H and O–H groups in total. The van der Waals surface area contributed by atoms with Gasteiger partial charge in [-0.05, 0) is 37.6 Å². The van der Waals surface area contributed by atoms with Crippen molar-refractivity contribution in [2.24, 2.45) is 5.73 Å². The topological polar surface area (TPSA) is 48.1 Å². The Kier molecular flexibility index (Phi) is 5.44. The van der Waals surface area contributed by atoms with Crippen molar-refractivity contribution in [1.82, 2.24) is 4.98 Å². The molecule has 106 valence electrons. The van der Waals surface area contributed by atoms with Gasteiger partial charge < -0.3 is 10.5 Å². The average Bonchev–Trinajstić information content (AvgIpc) is 2.45. The van der Waals surface area contributed by atoms with E-state index in [9.17, 15) is 0 Å². The zero-order valence-corrected chi connectivity index (χ0v) is 12.7. The minimum Gasteiger partial charge on any atom is -0.492 e. The monoisotopic (exact) mass is 288 g/mol. The lowest BCUT2D eigenvalue weighted by molar-refractivity contribution is 0.338. The first-order valence-corrected chi connectivity index (χ1v) is 7.70. The van der Waals surface area contributed by atoms with Crippen LogP contribution in [0.2, 0.25) is 0 Å². The third-order valence-electron chi connectivity index (χ3n) is 2.89. The molecule has 0 fully saturated rings. The lowest BCUT2D eigenvalue weighted by atomic mass is 10.1. The fourth-order valence-electron chi connectivity index (χ4n) is 1.87. The molecule has 4 heteroatoms. The van der Waals surface area contributed by atoms with Gasteiger partial charge >= 0.3 is 0 Å². The van der Waals surface area contributed by atoms with Gasteiger partial charge in [0.05, 0.1) is 12.8 Å². The Morgan fingerprint density at radius 3 is 2.90 bits per heavy atom. The van der Waals surface area contributed by atoms with Crippen molar-refractivity contribution in [3.63, 3.8) is 0 Å². The predicted molar refractivity (Wildman–Crippen MR) is 84.2 cm³/mol. The number of nitrogens with two attached hydrogens (primary N) is 1. The van der Waals surface area contributed by atoms with Crippen LogP contribution < -0.4 is 10.5 Å². The summed E-state index contributed by atoms with van der Waals surface area (Å²) in [5, 5.41) is 0. The molecule has 2 rings (SSSR count). The molecule has 2 aromatic rings. The average molecular weight is 288 g/mol. The van der Waals surface area contributed by atoms with Crippen LogP contribution in [-0.2, 0) is 0 Å². The third kappa shape index (κ3) is 4.25. The molecular weight excluding hydrogens is 268 g/mol. The second-order valence-corrected chi connectivity index (χ2v) is 5.71. The molecule has 0 aliphatic heterocycles. The molecule has 1 unspecified atom stereocenters. The van der Waals surface area contributed by atoms with Gasteiger partial charge in [0.2, 0.25) is 0 Å². The second kappa shape index (κ2) is 7.31. The van der Waals surface area contributed by atoms with Crippen LogP contribution in [0.15, 0.2) is 47.6 Å². The number of aromatic nitrogens is 1. The van der Waals surface area contributed by atoms with Crippen molar-refractivity contribution in [3.05, 3.63) is 53.9 Å². The van der Waals surface area contributed by atoms with Gasteiger partial charge in [-0.2, -0.15) is 0 Å². The van der Waals surface area contributed by atoms with Crippen LogP contribution in [0.3, 0.4) is 0 Å². The smallest absolute Gasteiger partial charge is 0.137 e. The first-order chi connectivity index (χ1) is 9.69. The molecule has 1 aromatic heterocycles. The van der Waals surface area contributed by atoms with Gasteiger partial charge in [-0.1, -0.05) is 17.7 Å². The van der Waals surface area contributed by atoms with Crippen molar-refractivity contribution in [2.45, 2.75) is 24.8 Å². The van der Waals surface area contributed by atoms with Gasteiger partial charge in [-0.3, -0.25) is 4.98 Å². The maximum absolute atomic E-state index is 6.23. The molecule has 3 nitrogen and oxygen atoms in total. The number of ether oxygens (including phenoxy) is 1. The summed E-state index contributed by atoms with van der Waals surface area (Å²) in [4.78, 5) is 5.42. The van der Waals surface area contributed by atoms with Crippen LogP contribution in [0, 0.1) is 6.92 Å². The van der Waals surface area contributed by atoms with Crippen LogP contribution in [0.5, 0.6) is 5.75 Å². The number of nitrogens with zero attached hydrogens (tertiary/aromatic N) is 1. The predicted octanol–water partition coefficient (Wildman–Crippen LogP) is 3.58. The molecule has 1 heterocycles. The molecule has 1 aromatic carbocycles. The third-order valence-corrected chi connectivity index (χ3v) is 4.01. The van der Waals surface area contributed by atoms with E-state index in [1.165, 1.54) is 10.5 Å². The first-order valence-electron chi connectivity index (χ1n) is 6.72. The van der Waals surface area contributed by atoms with Crippen molar-refractivity contribution < 1.29 is 4.74 Å². The van der Waals surface area contributed by atoms with E-state index < -0.39 is 0 Å². The number of thioether (sulfide) groups is 1. The quantitative estimate of drug-likeness (QED) is 0.825. The highest BCUT2D eigenvalue weighted by Gasteiger charge is 2.08. The van der Waals surface area contributed by atoms with Gasteiger partial charge in [0.15, 0.2) is 0 Å². The number of aryl methyl sites for hydroxylation is 1. The van der Waals surface area contributed by atoms with Gasteiger partial charge in [0.1, 0.15) is 5.75 Å². The van der Waals surface area contributed by atoms with Gasteiger partial charge in [0.25, 0.3) is 0 Å². The van der Waals surface area contributed by atoms with Crippen molar-refractivity contribution in [1.29, 1.82) is 0 Å². The van der Waals surface area contributed by atoms with Gasteiger partial charge in [-0.15, -0.1) is 11.8 Å². The maximum atomic E-state index is 6.23. The lowest BCUT2D eigenvalue weighted by Gasteiger charge is -2.13. The summed E-state index contributed by atoms with van der Waals surface area (Å²) in [7, 11) is 0. The Bertz CT molecular complexity index is 560. The maximum Gasteiger partial charge on any atom is 0.137 e. The largest absolute Gasteiger partial charge is 0.492 e. The molecule has 0 radical (unpaired) electrons. The second-order valence-electron chi connectivity index (χ2n) is 4.62. The standard InChI is InChI=1S/C16H20N2OS/c1-3-19-14-8-13(9-18-10-14)16(17)11-20-15-6-4-5-12(2)7-15/h4-10,16H,3,11,17H2,1-2H3. The summed E-state index contributed by atoms with van der Waals surface area (Å²) in [6, 6.07) is 10.4. The molecule has 0 amide bonds. The molecule has 20 heavy (non-hydrogen) atoms. The molecule has 0 aliphatic carbocycles. The van der Waals surface area contributed by atoms with E-state index >= 15 is 0 Å². The Morgan fingerprint density at radius 2 is 2.15 bits per heavy atom. The zero-order chi connectivity index (χ0) is 14.4. The number of benzene rings is 1. The summed E-state index contributed by atoms with van der Waals surface area (Å²) in [5.74, 6) is 1.60. The minimum absolute atomic E-state index is 0.0478. The van der Waals surface area contributed by atoms with Crippen LogP contribution >= 0.6 is 11.8 Å². The molecule has 0 saturated carbocycles. The zero-order valence-electron chi connectivity index (χ0n) is 11.9. The highest BCUT2D eigenvalue weighted by Crippen LogP contribution is 2.25. The molecule has 0 aliphatic rings. The summed E-state index contributed by atoms with van der Waals surface area (Å²) in [6.45, 7) is 4.69. The van der Waals surface area contributed by atoms with E-state index in [-0.39, 0.29) is 6.04 Å². The van der Waals surface area contributed by atoms with Crippen molar-refractivity contribution in [2.75, 3.05) is 12.4 Å². The van der Waals surface area contributed by atoms with Gasteiger partial charge in [0, 0.05) is 22.9 Å². The lowest BCUT2D eigenvalue weighted by Crippen LogP contribution is -2.13. The Morgan fingerprint density at radius 1 is 1.30 bits per heavy atom. The number of rotatable bonds is 6. The van der Waals surface area contributed by atoms with E-state index in [2.05, 4.69) is 36.2 Å². The summed E-state index contributed by atoms with van der Waals surface area (Å²) in [6.07, 6.45) is 3.53. The highest BCUT2D eigenvalue weighted by molar-refractivity contribution is 7.99. The first kappa shape index (κ1) is 14.9. The fourth-order valence-corrected chi connectivity index (χ4v) is 2.88. The Balaban J connectivity index is 1.97. The van der Waals surface area contributed by atoms with E-state index in [0.717, 1.165) is 17.1 Å². The molecule has 0 spiro atoms. The van der Waals surface area contributed by atoms with E-state index in [1.54, 1.807) is 18.0 Å². The summed E-state index contributed by atoms with van der Waals surface area (Å²) >= 11 is 1.76. The van der Waals surface area contributed by atoms with E-state index in [4.69, 9.17) is 10.5 Å².